The number of aromatic nitrogens is 2. The second-order valence-corrected chi connectivity index (χ2v) is 6.67. The molecule has 1 aromatic rings. The highest BCUT2D eigenvalue weighted by Crippen LogP contribution is 2.37. The Labute approximate surface area is 123 Å². The lowest BCUT2D eigenvalue weighted by Crippen LogP contribution is -2.37. The second kappa shape index (κ2) is 6.53. The summed E-state index contributed by atoms with van der Waals surface area (Å²) < 4.78 is 0. The quantitative estimate of drug-likeness (QED) is 0.897. The Balaban J connectivity index is 1.94. The van der Waals surface area contributed by atoms with E-state index >= 15 is 0 Å². The lowest BCUT2D eigenvalue weighted by atomic mass is 9.75. The maximum atomic E-state index is 4.38. The summed E-state index contributed by atoms with van der Waals surface area (Å²) in [5.41, 5.74) is 1.52. The van der Waals surface area contributed by atoms with Crippen LogP contribution < -0.4 is 10.2 Å². The van der Waals surface area contributed by atoms with Gasteiger partial charge in [-0.25, -0.2) is 0 Å². The summed E-state index contributed by atoms with van der Waals surface area (Å²) in [7, 11) is 2.15. The highest BCUT2D eigenvalue weighted by molar-refractivity contribution is 5.37. The molecule has 0 aliphatic heterocycles. The van der Waals surface area contributed by atoms with Crippen molar-refractivity contribution < 1.29 is 0 Å². The van der Waals surface area contributed by atoms with Gasteiger partial charge in [0.05, 0.1) is 5.69 Å². The van der Waals surface area contributed by atoms with Crippen molar-refractivity contribution in [3.63, 3.8) is 0 Å². The van der Waals surface area contributed by atoms with E-state index in [0.717, 1.165) is 24.6 Å². The van der Waals surface area contributed by atoms with Crippen molar-refractivity contribution in [1.29, 1.82) is 0 Å². The predicted molar refractivity (Wildman–Crippen MR) is 83.9 cm³/mol. The van der Waals surface area contributed by atoms with Crippen molar-refractivity contribution in [3.8, 4) is 0 Å². The topological polar surface area (TPSA) is 41.0 Å². The Bertz CT molecular complexity index is 403. The van der Waals surface area contributed by atoms with Crippen molar-refractivity contribution in [2.45, 2.75) is 59.0 Å². The predicted octanol–water partition coefficient (Wildman–Crippen LogP) is 2.99. The van der Waals surface area contributed by atoms with Gasteiger partial charge in [-0.05, 0) is 49.8 Å². The van der Waals surface area contributed by atoms with E-state index in [0.29, 0.717) is 11.5 Å². The molecule has 0 aromatic carbocycles. The van der Waals surface area contributed by atoms with E-state index in [9.17, 15) is 0 Å². The molecular weight excluding hydrogens is 248 g/mol. The minimum absolute atomic E-state index is 0.513. The average molecular weight is 276 g/mol. The fourth-order valence-electron chi connectivity index (χ4n) is 2.85. The molecule has 1 aromatic heterocycles. The molecule has 4 heteroatoms. The van der Waals surface area contributed by atoms with Crippen LogP contribution in [0.2, 0.25) is 0 Å². The van der Waals surface area contributed by atoms with Crippen LogP contribution in [0.4, 0.5) is 5.82 Å². The van der Waals surface area contributed by atoms with Crippen LogP contribution in [0.15, 0.2) is 12.1 Å². The fourth-order valence-corrected chi connectivity index (χ4v) is 2.85. The minimum atomic E-state index is 0.513. The molecule has 0 bridgehead atoms. The third-order valence-electron chi connectivity index (χ3n) is 4.48. The maximum absolute atomic E-state index is 4.38. The lowest BCUT2D eigenvalue weighted by molar-refractivity contribution is 0.222. The number of anilines is 1. The monoisotopic (exact) mass is 276 g/mol. The van der Waals surface area contributed by atoms with E-state index in [2.05, 4.69) is 60.4 Å². The number of hydrogen-bond donors (Lipinski definition) is 1. The fraction of sp³-hybridized carbons (Fsp3) is 0.750. The van der Waals surface area contributed by atoms with Gasteiger partial charge >= 0.3 is 0 Å². The molecule has 0 saturated heterocycles. The van der Waals surface area contributed by atoms with Gasteiger partial charge in [-0.2, -0.15) is 5.10 Å². The van der Waals surface area contributed by atoms with Crippen LogP contribution in [-0.4, -0.2) is 29.8 Å². The van der Waals surface area contributed by atoms with Crippen molar-refractivity contribution in [1.82, 2.24) is 15.5 Å². The molecule has 1 N–H and O–H groups in total. The summed E-state index contributed by atoms with van der Waals surface area (Å²) in [4.78, 5) is 2.30. The highest BCUT2D eigenvalue weighted by Gasteiger charge is 2.29. The largest absolute Gasteiger partial charge is 0.355 e. The minimum Gasteiger partial charge on any atom is -0.355 e. The lowest BCUT2D eigenvalue weighted by Gasteiger charge is -2.38. The van der Waals surface area contributed by atoms with E-state index in [1.165, 1.54) is 25.7 Å². The van der Waals surface area contributed by atoms with Crippen LogP contribution in [0.1, 0.15) is 52.1 Å². The molecule has 1 saturated carbocycles. The van der Waals surface area contributed by atoms with Gasteiger partial charge in [0, 0.05) is 19.6 Å². The normalized spacial score (nSPS) is 19.0. The first-order valence-corrected chi connectivity index (χ1v) is 7.78. The van der Waals surface area contributed by atoms with Crippen LogP contribution in [0.25, 0.3) is 0 Å². The summed E-state index contributed by atoms with van der Waals surface area (Å²) in [6.07, 6.45) is 5.11. The van der Waals surface area contributed by atoms with E-state index in [1.54, 1.807) is 0 Å². The van der Waals surface area contributed by atoms with Crippen LogP contribution >= 0.6 is 0 Å². The Kier molecular flexibility index (Phi) is 4.97. The Morgan fingerprint density at radius 2 is 1.95 bits per heavy atom. The zero-order chi connectivity index (χ0) is 14.6. The van der Waals surface area contributed by atoms with Gasteiger partial charge in [-0.15, -0.1) is 5.10 Å². The Morgan fingerprint density at radius 3 is 2.50 bits per heavy atom. The molecule has 112 valence electrons. The first-order valence-electron chi connectivity index (χ1n) is 7.78. The molecule has 1 fully saturated rings. The molecule has 0 atom stereocenters. The third kappa shape index (κ3) is 3.92. The van der Waals surface area contributed by atoms with Gasteiger partial charge in [0.1, 0.15) is 0 Å². The zero-order valence-corrected chi connectivity index (χ0v) is 13.3. The average Bonchev–Trinajstić information content (AvgIpc) is 2.45. The van der Waals surface area contributed by atoms with Gasteiger partial charge in [-0.1, -0.05) is 20.8 Å². The molecule has 4 nitrogen and oxygen atoms in total. The molecule has 2 rings (SSSR count). The standard InChI is InChI=1S/C16H28N4/c1-5-17-12-13-6-7-15(19-18-13)20(4)14-8-10-16(2,3)11-9-14/h6-7,14,17H,5,8-12H2,1-4H3. The SMILES string of the molecule is CCNCc1ccc(N(C)C2CCC(C)(C)CC2)nn1. The van der Waals surface area contributed by atoms with E-state index in [4.69, 9.17) is 0 Å². The van der Waals surface area contributed by atoms with Gasteiger partial charge in [0.2, 0.25) is 0 Å². The second-order valence-electron chi connectivity index (χ2n) is 6.67. The molecule has 0 radical (unpaired) electrons. The van der Waals surface area contributed by atoms with Gasteiger partial charge < -0.3 is 10.2 Å². The summed E-state index contributed by atoms with van der Waals surface area (Å²) in [5.74, 6) is 0.995. The zero-order valence-electron chi connectivity index (χ0n) is 13.3. The summed E-state index contributed by atoms with van der Waals surface area (Å²) in [6.45, 7) is 8.60. The summed E-state index contributed by atoms with van der Waals surface area (Å²) >= 11 is 0. The van der Waals surface area contributed by atoms with Crippen LogP contribution in [0.3, 0.4) is 0 Å². The Hall–Kier alpha value is -1.16. The van der Waals surface area contributed by atoms with Crippen LogP contribution in [0.5, 0.6) is 0 Å². The molecule has 1 aliphatic carbocycles. The smallest absolute Gasteiger partial charge is 0.151 e. The molecule has 1 aliphatic rings. The molecule has 1 heterocycles. The van der Waals surface area contributed by atoms with Crippen molar-refractivity contribution in [2.24, 2.45) is 5.41 Å². The molecule has 20 heavy (non-hydrogen) atoms. The van der Waals surface area contributed by atoms with Crippen LogP contribution in [-0.2, 0) is 6.54 Å². The van der Waals surface area contributed by atoms with Gasteiger partial charge in [0.15, 0.2) is 5.82 Å². The van der Waals surface area contributed by atoms with Crippen LogP contribution in [0, 0.1) is 5.41 Å². The van der Waals surface area contributed by atoms with Crippen molar-refractivity contribution in [2.75, 3.05) is 18.5 Å². The first-order chi connectivity index (χ1) is 9.52. The van der Waals surface area contributed by atoms with E-state index in [-0.39, 0.29) is 0 Å². The number of nitrogens with one attached hydrogen (secondary N) is 1. The molecule has 0 amide bonds. The Morgan fingerprint density at radius 1 is 1.25 bits per heavy atom. The van der Waals surface area contributed by atoms with Crippen molar-refractivity contribution in [3.05, 3.63) is 17.8 Å². The number of rotatable bonds is 5. The maximum Gasteiger partial charge on any atom is 0.151 e. The summed E-state index contributed by atoms with van der Waals surface area (Å²) in [5, 5.41) is 12.0. The van der Waals surface area contributed by atoms with Gasteiger partial charge in [-0.3, -0.25) is 0 Å². The highest BCUT2D eigenvalue weighted by atomic mass is 15.3. The third-order valence-corrected chi connectivity index (χ3v) is 4.48. The molecule has 0 spiro atoms. The number of hydrogen-bond acceptors (Lipinski definition) is 4. The first kappa shape index (κ1) is 15.2. The van der Waals surface area contributed by atoms with Crippen molar-refractivity contribution >= 4 is 5.82 Å². The van der Waals surface area contributed by atoms with E-state index in [1.807, 2.05) is 0 Å². The number of nitrogens with zero attached hydrogens (tertiary/aromatic N) is 3. The summed E-state index contributed by atoms with van der Waals surface area (Å²) in [6, 6.07) is 4.78. The molecular formula is C16H28N4. The molecule has 0 unspecified atom stereocenters. The van der Waals surface area contributed by atoms with E-state index < -0.39 is 0 Å². The van der Waals surface area contributed by atoms with Gasteiger partial charge in [0.25, 0.3) is 0 Å².